The molecule has 1 atom stereocenters. The molecule has 1 fully saturated rings. The number of amides is 1. The van der Waals surface area contributed by atoms with Gasteiger partial charge in [0.2, 0.25) is 6.41 Å². The van der Waals surface area contributed by atoms with Gasteiger partial charge in [0.05, 0.1) is 6.07 Å². The van der Waals surface area contributed by atoms with Gasteiger partial charge in [-0.1, -0.05) is 0 Å². The zero-order valence-corrected chi connectivity index (χ0v) is 5.08. The van der Waals surface area contributed by atoms with Crippen molar-refractivity contribution in [3.05, 3.63) is 0 Å². The van der Waals surface area contributed by atoms with Crippen molar-refractivity contribution in [3.8, 4) is 6.07 Å². The van der Waals surface area contributed by atoms with Crippen LogP contribution in [-0.2, 0) is 4.79 Å². The lowest BCUT2D eigenvalue weighted by Crippen LogP contribution is -2.25. The van der Waals surface area contributed by atoms with Crippen molar-refractivity contribution in [2.75, 3.05) is 6.54 Å². The number of carbonyl (C=O) groups excluding carboxylic acids is 1. The number of rotatable bonds is 1. The van der Waals surface area contributed by atoms with Crippen LogP contribution in [-0.4, -0.2) is 23.9 Å². The molecule has 3 nitrogen and oxygen atoms in total. The molecule has 0 aromatic heterocycles. The predicted molar refractivity (Wildman–Crippen MR) is 31.4 cm³/mol. The molecule has 1 heterocycles. The van der Waals surface area contributed by atoms with Crippen LogP contribution in [0.1, 0.15) is 12.8 Å². The predicted octanol–water partition coefficient (Wildman–Crippen LogP) is 0.131. The van der Waals surface area contributed by atoms with E-state index in [4.69, 9.17) is 5.26 Å². The van der Waals surface area contributed by atoms with E-state index in [9.17, 15) is 4.79 Å². The molecule has 0 aromatic rings. The first kappa shape index (κ1) is 6.09. The Morgan fingerprint density at radius 3 is 3.00 bits per heavy atom. The first-order chi connectivity index (χ1) is 4.38. The topological polar surface area (TPSA) is 44.1 Å². The van der Waals surface area contributed by atoms with Crippen molar-refractivity contribution < 1.29 is 4.79 Å². The standard InChI is InChI=1S/C6H8N2O/c7-4-6-2-1-3-8(6)5-9/h5-6H,1-3H2. The van der Waals surface area contributed by atoms with E-state index in [0.717, 1.165) is 25.8 Å². The minimum absolute atomic E-state index is 0.150. The Kier molecular flexibility index (Phi) is 1.69. The van der Waals surface area contributed by atoms with E-state index in [-0.39, 0.29) is 6.04 Å². The molecule has 0 spiro atoms. The van der Waals surface area contributed by atoms with Crippen molar-refractivity contribution in [1.82, 2.24) is 4.90 Å². The fraction of sp³-hybridized carbons (Fsp3) is 0.667. The Morgan fingerprint density at radius 2 is 2.56 bits per heavy atom. The summed E-state index contributed by atoms with van der Waals surface area (Å²) in [4.78, 5) is 11.7. The van der Waals surface area contributed by atoms with Crippen LogP contribution in [0.25, 0.3) is 0 Å². The Labute approximate surface area is 53.9 Å². The van der Waals surface area contributed by atoms with Gasteiger partial charge in [-0.15, -0.1) is 0 Å². The molecule has 0 radical (unpaired) electrons. The SMILES string of the molecule is N#CC1CCCN1C=O. The largest absolute Gasteiger partial charge is 0.329 e. The lowest BCUT2D eigenvalue weighted by atomic mass is 10.2. The lowest BCUT2D eigenvalue weighted by molar-refractivity contribution is -0.118. The van der Waals surface area contributed by atoms with Crippen molar-refractivity contribution in [3.63, 3.8) is 0 Å². The summed E-state index contributed by atoms with van der Waals surface area (Å²) in [6, 6.07) is 1.91. The quantitative estimate of drug-likeness (QED) is 0.466. The van der Waals surface area contributed by atoms with E-state index in [1.165, 1.54) is 0 Å². The maximum absolute atomic E-state index is 10.2. The maximum atomic E-state index is 10.2. The third-order valence-electron chi connectivity index (χ3n) is 1.58. The third kappa shape index (κ3) is 1.02. The summed E-state index contributed by atoms with van der Waals surface area (Å²) in [7, 11) is 0. The smallest absolute Gasteiger partial charge is 0.210 e. The molecule has 0 aromatic carbocycles. The van der Waals surface area contributed by atoms with Gasteiger partial charge in [-0.25, -0.2) is 0 Å². The molecule has 3 heteroatoms. The first-order valence-corrected chi connectivity index (χ1v) is 2.99. The highest BCUT2D eigenvalue weighted by molar-refractivity contribution is 5.49. The zero-order valence-electron chi connectivity index (χ0n) is 5.08. The van der Waals surface area contributed by atoms with E-state index >= 15 is 0 Å². The molecular formula is C6H8N2O. The van der Waals surface area contributed by atoms with E-state index in [1.807, 2.05) is 0 Å². The zero-order chi connectivity index (χ0) is 6.69. The summed E-state index contributed by atoms with van der Waals surface area (Å²) in [5.74, 6) is 0. The van der Waals surface area contributed by atoms with Crippen molar-refractivity contribution in [1.29, 1.82) is 5.26 Å². The molecule has 1 amide bonds. The van der Waals surface area contributed by atoms with Crippen molar-refractivity contribution in [2.24, 2.45) is 0 Å². The molecule has 1 aliphatic rings. The molecule has 0 N–H and O–H groups in total. The highest BCUT2D eigenvalue weighted by Crippen LogP contribution is 2.12. The number of carbonyl (C=O) groups is 1. The van der Waals surface area contributed by atoms with Gasteiger partial charge < -0.3 is 4.90 Å². The normalized spacial score (nSPS) is 25.7. The maximum Gasteiger partial charge on any atom is 0.210 e. The highest BCUT2D eigenvalue weighted by atomic mass is 16.1. The number of likely N-dealkylation sites (tertiary alicyclic amines) is 1. The average molecular weight is 124 g/mol. The average Bonchev–Trinajstić information content (AvgIpc) is 2.33. The molecule has 0 saturated carbocycles. The van der Waals surface area contributed by atoms with Gasteiger partial charge in [0.15, 0.2) is 0 Å². The van der Waals surface area contributed by atoms with Crippen molar-refractivity contribution in [2.45, 2.75) is 18.9 Å². The van der Waals surface area contributed by atoms with Crippen LogP contribution in [0.4, 0.5) is 0 Å². The van der Waals surface area contributed by atoms with Crippen LogP contribution >= 0.6 is 0 Å². The van der Waals surface area contributed by atoms with Gasteiger partial charge >= 0.3 is 0 Å². The van der Waals surface area contributed by atoms with E-state index in [2.05, 4.69) is 6.07 Å². The summed E-state index contributed by atoms with van der Waals surface area (Å²) in [6.45, 7) is 0.752. The van der Waals surface area contributed by atoms with Crippen LogP contribution < -0.4 is 0 Å². The van der Waals surface area contributed by atoms with Crippen molar-refractivity contribution >= 4 is 6.41 Å². The highest BCUT2D eigenvalue weighted by Gasteiger charge is 2.21. The Balaban J connectivity index is 2.53. The minimum atomic E-state index is -0.150. The molecule has 1 saturated heterocycles. The third-order valence-corrected chi connectivity index (χ3v) is 1.58. The molecule has 1 unspecified atom stereocenters. The minimum Gasteiger partial charge on any atom is -0.329 e. The van der Waals surface area contributed by atoms with E-state index in [0.29, 0.717) is 0 Å². The van der Waals surface area contributed by atoms with Gasteiger partial charge in [0.25, 0.3) is 0 Å². The first-order valence-electron chi connectivity index (χ1n) is 2.99. The summed E-state index contributed by atoms with van der Waals surface area (Å²) in [5.41, 5.74) is 0. The molecule has 48 valence electrons. The number of hydrogen-bond donors (Lipinski definition) is 0. The van der Waals surface area contributed by atoms with Crippen LogP contribution in [0.15, 0.2) is 0 Å². The molecular weight excluding hydrogens is 116 g/mol. The second kappa shape index (κ2) is 2.49. The van der Waals surface area contributed by atoms with E-state index < -0.39 is 0 Å². The fourth-order valence-electron chi connectivity index (χ4n) is 1.05. The lowest BCUT2D eigenvalue weighted by Gasteiger charge is -2.10. The van der Waals surface area contributed by atoms with Crippen LogP contribution in [0.2, 0.25) is 0 Å². The van der Waals surface area contributed by atoms with Crippen LogP contribution in [0.5, 0.6) is 0 Å². The summed E-state index contributed by atoms with van der Waals surface area (Å²) >= 11 is 0. The van der Waals surface area contributed by atoms with E-state index in [1.54, 1.807) is 4.90 Å². The summed E-state index contributed by atoms with van der Waals surface area (Å²) in [5, 5.41) is 8.42. The molecule has 1 aliphatic heterocycles. The Bertz CT molecular complexity index is 150. The number of nitriles is 1. The van der Waals surface area contributed by atoms with Crippen LogP contribution in [0, 0.1) is 11.3 Å². The molecule has 9 heavy (non-hydrogen) atoms. The Hall–Kier alpha value is -1.04. The second-order valence-corrected chi connectivity index (χ2v) is 2.13. The molecule has 0 bridgehead atoms. The monoisotopic (exact) mass is 124 g/mol. The van der Waals surface area contributed by atoms with Gasteiger partial charge in [-0.2, -0.15) is 5.26 Å². The van der Waals surface area contributed by atoms with Gasteiger partial charge in [0.1, 0.15) is 6.04 Å². The molecule has 0 aliphatic carbocycles. The number of nitrogens with zero attached hydrogens (tertiary/aromatic N) is 2. The molecule has 1 rings (SSSR count). The number of hydrogen-bond acceptors (Lipinski definition) is 2. The second-order valence-electron chi connectivity index (χ2n) is 2.13. The van der Waals surface area contributed by atoms with Gasteiger partial charge in [-0.05, 0) is 12.8 Å². The fourth-order valence-corrected chi connectivity index (χ4v) is 1.05. The summed E-state index contributed by atoms with van der Waals surface area (Å²) < 4.78 is 0. The van der Waals surface area contributed by atoms with Gasteiger partial charge in [0, 0.05) is 6.54 Å². The van der Waals surface area contributed by atoms with Gasteiger partial charge in [-0.3, -0.25) is 4.79 Å². The van der Waals surface area contributed by atoms with Crippen LogP contribution in [0.3, 0.4) is 0 Å². The Morgan fingerprint density at radius 1 is 1.78 bits per heavy atom. The summed E-state index contributed by atoms with van der Waals surface area (Å²) in [6.07, 6.45) is 2.56.